The summed E-state index contributed by atoms with van der Waals surface area (Å²) >= 11 is 0. The molecule has 2 saturated carbocycles. The van der Waals surface area contributed by atoms with E-state index in [0.717, 1.165) is 57.8 Å². The molecule has 21 heavy (non-hydrogen) atoms. The summed E-state index contributed by atoms with van der Waals surface area (Å²) < 4.78 is 0. The van der Waals surface area contributed by atoms with Crippen LogP contribution in [-0.2, 0) is 4.79 Å². The summed E-state index contributed by atoms with van der Waals surface area (Å²) in [6.07, 6.45) is 11.2. The molecule has 0 aromatic carbocycles. The topological polar surface area (TPSA) is 77.8 Å². The van der Waals surface area contributed by atoms with Gasteiger partial charge in [0.05, 0.1) is 12.5 Å². The number of rotatable bonds is 12. The van der Waals surface area contributed by atoms with Crippen LogP contribution in [0.5, 0.6) is 0 Å². The molecule has 0 amide bonds. The molecule has 0 aliphatic heterocycles. The van der Waals surface area contributed by atoms with Gasteiger partial charge in [0.1, 0.15) is 0 Å². The molecule has 0 radical (unpaired) electrons. The molecule has 2 aliphatic carbocycles. The summed E-state index contributed by atoms with van der Waals surface area (Å²) in [5.41, 5.74) is 0.457. The summed E-state index contributed by atoms with van der Waals surface area (Å²) in [6.45, 7) is 0.286. The molecule has 122 valence electrons. The lowest BCUT2D eigenvalue weighted by atomic mass is 9.92. The third kappa shape index (κ3) is 5.59. The first-order chi connectivity index (χ1) is 9.99. The fourth-order valence-corrected chi connectivity index (χ4v) is 3.62. The number of carboxylic acids is 1. The molecule has 1 unspecified atom stereocenters. The second kappa shape index (κ2) is 7.10. The molecule has 0 spiro atoms. The number of aliphatic hydroxyl groups excluding tert-OH is 2. The first-order valence-corrected chi connectivity index (χ1v) is 8.50. The van der Waals surface area contributed by atoms with Crippen molar-refractivity contribution in [3.05, 3.63) is 0 Å². The molecule has 4 nitrogen and oxygen atoms in total. The van der Waals surface area contributed by atoms with Crippen molar-refractivity contribution in [2.45, 2.75) is 83.2 Å². The number of hydrogen-bond donors (Lipinski definition) is 3. The quantitative estimate of drug-likeness (QED) is 0.517. The maximum absolute atomic E-state index is 10.8. The highest BCUT2D eigenvalue weighted by Gasteiger charge is 2.43. The zero-order valence-electron chi connectivity index (χ0n) is 13.0. The summed E-state index contributed by atoms with van der Waals surface area (Å²) in [5.74, 6) is -0.688. The number of carbonyl (C=O) groups is 1. The highest BCUT2D eigenvalue weighted by molar-refractivity contribution is 5.68. The third-order valence-corrected chi connectivity index (χ3v) is 5.57. The smallest absolute Gasteiger partial charge is 0.303 e. The van der Waals surface area contributed by atoms with Crippen LogP contribution in [0.1, 0.15) is 77.0 Å². The Morgan fingerprint density at radius 2 is 1.48 bits per heavy atom. The first kappa shape index (κ1) is 16.8. The van der Waals surface area contributed by atoms with E-state index in [1.165, 1.54) is 12.8 Å². The van der Waals surface area contributed by atoms with Gasteiger partial charge in [0.25, 0.3) is 0 Å². The van der Waals surface area contributed by atoms with Gasteiger partial charge in [-0.05, 0) is 68.6 Å². The average molecular weight is 298 g/mol. The molecule has 2 fully saturated rings. The van der Waals surface area contributed by atoms with Gasteiger partial charge in [-0.25, -0.2) is 0 Å². The highest BCUT2D eigenvalue weighted by atomic mass is 16.4. The normalized spacial score (nSPS) is 22.8. The Labute approximate surface area is 127 Å². The highest BCUT2D eigenvalue weighted by Crippen LogP contribution is 2.53. The minimum Gasteiger partial charge on any atom is -0.481 e. The number of aliphatic carboxylic acids is 1. The van der Waals surface area contributed by atoms with E-state index < -0.39 is 5.97 Å². The van der Waals surface area contributed by atoms with Crippen molar-refractivity contribution in [1.82, 2.24) is 0 Å². The fraction of sp³-hybridized carbons (Fsp3) is 0.941. The molecule has 0 aromatic rings. The Kier molecular flexibility index (Phi) is 5.67. The van der Waals surface area contributed by atoms with Crippen molar-refractivity contribution in [3.63, 3.8) is 0 Å². The molecule has 0 bridgehead atoms. The number of hydrogen-bond acceptors (Lipinski definition) is 3. The minimum atomic E-state index is -0.688. The van der Waals surface area contributed by atoms with Crippen LogP contribution in [0.3, 0.4) is 0 Å². The lowest BCUT2D eigenvalue weighted by Gasteiger charge is -2.16. The third-order valence-electron chi connectivity index (χ3n) is 5.57. The van der Waals surface area contributed by atoms with Crippen LogP contribution in [0.4, 0.5) is 0 Å². The molecular formula is C17H30O4. The Hall–Kier alpha value is -0.610. The zero-order chi connectivity index (χ0) is 15.3. The summed E-state index contributed by atoms with van der Waals surface area (Å²) in [6, 6.07) is 0. The maximum atomic E-state index is 10.8. The SMILES string of the molecule is O=C(O)CC1(CCCC(O)CCCC2(CCO)CC2)CC1. The van der Waals surface area contributed by atoms with Crippen LogP contribution < -0.4 is 0 Å². The van der Waals surface area contributed by atoms with Crippen LogP contribution in [0.15, 0.2) is 0 Å². The molecule has 1 atom stereocenters. The molecular weight excluding hydrogens is 268 g/mol. The predicted octanol–water partition coefficient (Wildman–Crippen LogP) is 3.11. The van der Waals surface area contributed by atoms with Crippen molar-refractivity contribution >= 4 is 5.97 Å². The molecule has 3 N–H and O–H groups in total. The number of carboxylic acid groups (broad SMARTS) is 1. The summed E-state index contributed by atoms with van der Waals surface area (Å²) in [7, 11) is 0. The first-order valence-electron chi connectivity index (χ1n) is 8.50. The van der Waals surface area contributed by atoms with E-state index >= 15 is 0 Å². The molecule has 2 rings (SSSR count). The second-order valence-electron chi connectivity index (χ2n) is 7.48. The van der Waals surface area contributed by atoms with E-state index in [-0.39, 0.29) is 18.1 Å². The van der Waals surface area contributed by atoms with Crippen LogP contribution in [0.25, 0.3) is 0 Å². The van der Waals surface area contributed by atoms with Crippen LogP contribution >= 0.6 is 0 Å². The van der Waals surface area contributed by atoms with Crippen molar-refractivity contribution in [3.8, 4) is 0 Å². The van der Waals surface area contributed by atoms with Crippen molar-refractivity contribution in [2.24, 2.45) is 10.8 Å². The van der Waals surface area contributed by atoms with Gasteiger partial charge in [0.15, 0.2) is 0 Å². The Morgan fingerprint density at radius 3 is 1.90 bits per heavy atom. The van der Waals surface area contributed by atoms with Crippen molar-refractivity contribution < 1.29 is 20.1 Å². The summed E-state index contributed by atoms with van der Waals surface area (Å²) in [4.78, 5) is 10.8. The number of aliphatic hydroxyl groups is 2. The lowest BCUT2D eigenvalue weighted by Crippen LogP contribution is -2.12. The van der Waals surface area contributed by atoms with Gasteiger partial charge in [0, 0.05) is 6.61 Å². The van der Waals surface area contributed by atoms with Gasteiger partial charge >= 0.3 is 5.97 Å². The van der Waals surface area contributed by atoms with Gasteiger partial charge in [-0.3, -0.25) is 4.79 Å². The van der Waals surface area contributed by atoms with E-state index in [9.17, 15) is 9.90 Å². The van der Waals surface area contributed by atoms with E-state index in [1.54, 1.807) is 0 Å². The summed E-state index contributed by atoms with van der Waals surface area (Å²) in [5, 5.41) is 27.9. The predicted molar refractivity (Wildman–Crippen MR) is 81.0 cm³/mol. The standard InChI is InChI=1S/C17H30O4/c18-12-11-16(7-8-16)5-1-3-14(19)4-2-6-17(9-10-17)13-15(20)21/h14,18-19H,1-13H2,(H,20,21). The van der Waals surface area contributed by atoms with E-state index in [2.05, 4.69) is 0 Å². The van der Waals surface area contributed by atoms with Gasteiger partial charge in [-0.15, -0.1) is 0 Å². The van der Waals surface area contributed by atoms with Gasteiger partial charge in [0.2, 0.25) is 0 Å². The molecule has 2 aliphatic rings. The Balaban J connectivity index is 1.52. The largest absolute Gasteiger partial charge is 0.481 e. The van der Waals surface area contributed by atoms with E-state index in [1.807, 2.05) is 0 Å². The zero-order valence-corrected chi connectivity index (χ0v) is 13.0. The molecule has 0 aromatic heterocycles. The minimum absolute atomic E-state index is 0.0603. The lowest BCUT2D eigenvalue weighted by molar-refractivity contribution is -0.138. The Morgan fingerprint density at radius 1 is 0.952 bits per heavy atom. The monoisotopic (exact) mass is 298 g/mol. The van der Waals surface area contributed by atoms with Crippen molar-refractivity contribution in [1.29, 1.82) is 0 Å². The van der Waals surface area contributed by atoms with Gasteiger partial charge in [-0.2, -0.15) is 0 Å². The Bertz CT molecular complexity index is 345. The second-order valence-corrected chi connectivity index (χ2v) is 7.48. The van der Waals surface area contributed by atoms with Crippen LogP contribution in [-0.4, -0.2) is 34.0 Å². The molecule has 0 heterocycles. The maximum Gasteiger partial charge on any atom is 0.303 e. The van der Waals surface area contributed by atoms with Crippen LogP contribution in [0, 0.1) is 10.8 Å². The van der Waals surface area contributed by atoms with Crippen LogP contribution in [0.2, 0.25) is 0 Å². The van der Waals surface area contributed by atoms with Crippen molar-refractivity contribution in [2.75, 3.05) is 6.61 Å². The molecule has 0 saturated heterocycles. The average Bonchev–Trinajstić information content (AvgIpc) is 3.29. The van der Waals surface area contributed by atoms with Gasteiger partial charge in [-0.1, -0.05) is 12.8 Å². The van der Waals surface area contributed by atoms with E-state index in [4.69, 9.17) is 10.2 Å². The van der Waals surface area contributed by atoms with Gasteiger partial charge < -0.3 is 15.3 Å². The van der Waals surface area contributed by atoms with E-state index in [0.29, 0.717) is 11.8 Å². The molecule has 4 heteroatoms. The fourth-order valence-electron chi connectivity index (χ4n) is 3.62.